The van der Waals surface area contributed by atoms with Crippen molar-refractivity contribution in [2.24, 2.45) is 0 Å². The van der Waals surface area contributed by atoms with Crippen molar-refractivity contribution in [1.82, 2.24) is 0 Å². The Morgan fingerprint density at radius 2 is 0.906 bits per heavy atom. The van der Waals surface area contributed by atoms with Gasteiger partial charge in [-0.15, -0.1) is 34.0 Å². The van der Waals surface area contributed by atoms with Crippen LogP contribution in [-0.2, 0) is 0 Å². The third kappa shape index (κ3) is 4.30. The average molecular weight is 730 g/mol. The molecule has 4 aromatic heterocycles. The number of nitrogens with zero attached hydrogens (tertiary/aromatic N) is 1. The van der Waals surface area contributed by atoms with E-state index in [0.717, 1.165) is 16.9 Å². The van der Waals surface area contributed by atoms with Crippen molar-refractivity contribution in [3.05, 3.63) is 164 Å². The highest BCUT2D eigenvalue weighted by Crippen LogP contribution is 2.50. The molecule has 0 saturated heterocycles. The fourth-order valence-electron chi connectivity index (χ4n) is 8.31. The second-order valence-corrected chi connectivity index (χ2v) is 16.7. The summed E-state index contributed by atoms with van der Waals surface area (Å²) in [6, 6.07) is 59.8. The summed E-state index contributed by atoms with van der Waals surface area (Å²) in [5.74, 6) is 0. The van der Waals surface area contributed by atoms with Crippen LogP contribution in [0, 0.1) is 0 Å². The van der Waals surface area contributed by atoms with E-state index in [4.69, 9.17) is 4.42 Å². The number of fused-ring (bicyclic) bond motifs is 13. The van der Waals surface area contributed by atoms with Gasteiger partial charge in [0.05, 0.1) is 20.8 Å². The van der Waals surface area contributed by atoms with Gasteiger partial charge >= 0.3 is 0 Å². The average Bonchev–Trinajstić information content (AvgIpc) is 3.98. The van der Waals surface area contributed by atoms with Gasteiger partial charge in [0.25, 0.3) is 0 Å². The van der Waals surface area contributed by atoms with Crippen molar-refractivity contribution in [2.45, 2.75) is 0 Å². The SMILES string of the molecule is c1ccc2c(c1)oc1ccc3c4cccc(-c5ccc(N(c6cccc7c6sc6ccccc67)c6cccc7c6sc6ccccc67)cc5)c4sc3c12. The van der Waals surface area contributed by atoms with Gasteiger partial charge in [0.1, 0.15) is 11.2 Å². The van der Waals surface area contributed by atoms with Crippen LogP contribution in [0.15, 0.2) is 168 Å². The monoisotopic (exact) mass is 729 g/mol. The van der Waals surface area contributed by atoms with Crippen molar-refractivity contribution in [3.63, 3.8) is 0 Å². The Kier molecular flexibility index (Phi) is 6.28. The fourth-order valence-corrected chi connectivity index (χ4v) is 12.1. The van der Waals surface area contributed by atoms with E-state index in [9.17, 15) is 0 Å². The molecular weight excluding hydrogens is 703 g/mol. The zero-order valence-corrected chi connectivity index (χ0v) is 30.6. The maximum absolute atomic E-state index is 6.27. The van der Waals surface area contributed by atoms with Gasteiger partial charge < -0.3 is 9.32 Å². The molecule has 8 aromatic carbocycles. The molecule has 0 amide bonds. The van der Waals surface area contributed by atoms with Crippen LogP contribution in [0.3, 0.4) is 0 Å². The van der Waals surface area contributed by atoms with Crippen molar-refractivity contribution in [1.29, 1.82) is 0 Å². The molecule has 53 heavy (non-hydrogen) atoms. The van der Waals surface area contributed by atoms with Crippen molar-refractivity contribution in [3.8, 4) is 11.1 Å². The lowest BCUT2D eigenvalue weighted by Gasteiger charge is -2.27. The lowest BCUT2D eigenvalue weighted by atomic mass is 10.0. The Morgan fingerprint density at radius 3 is 1.58 bits per heavy atom. The Bertz CT molecular complexity index is 3300. The van der Waals surface area contributed by atoms with E-state index in [1.807, 2.05) is 40.1 Å². The van der Waals surface area contributed by atoms with Crippen LogP contribution >= 0.6 is 34.0 Å². The highest BCUT2D eigenvalue weighted by atomic mass is 32.1. The zero-order chi connectivity index (χ0) is 34.6. The second kappa shape index (κ2) is 11.3. The Labute approximate surface area is 316 Å². The van der Waals surface area contributed by atoms with E-state index >= 15 is 0 Å². The maximum Gasteiger partial charge on any atom is 0.136 e. The van der Waals surface area contributed by atoms with E-state index in [0.29, 0.717) is 0 Å². The highest BCUT2D eigenvalue weighted by Gasteiger charge is 2.22. The minimum atomic E-state index is 0.936. The molecule has 12 aromatic rings. The van der Waals surface area contributed by atoms with Gasteiger partial charge in [-0.25, -0.2) is 0 Å². The summed E-state index contributed by atoms with van der Waals surface area (Å²) < 4.78 is 14.1. The molecule has 2 nitrogen and oxygen atoms in total. The third-order valence-electron chi connectivity index (χ3n) is 10.7. The lowest BCUT2D eigenvalue weighted by Crippen LogP contribution is -2.10. The first-order chi connectivity index (χ1) is 26.3. The molecule has 0 fully saturated rings. The molecule has 0 N–H and O–H groups in total. The molecule has 0 saturated carbocycles. The summed E-state index contributed by atoms with van der Waals surface area (Å²) >= 11 is 5.63. The minimum Gasteiger partial charge on any atom is -0.456 e. The van der Waals surface area contributed by atoms with Crippen LogP contribution < -0.4 is 4.90 Å². The Morgan fingerprint density at radius 1 is 0.358 bits per heavy atom. The standard InChI is InChI=1S/C48H27NOS3/c1-4-19-40-37(12-1)44-41(50-40)27-26-36-35-14-7-13-30(45(35)53-48(36)44)28-22-24-29(25-23-28)49(38-17-8-15-33-31-10-2-5-20-42(31)51-46(33)38)39-18-9-16-34-32-11-3-6-21-43(32)52-47(34)39/h1-27H. The van der Waals surface area contributed by atoms with Gasteiger partial charge in [0.2, 0.25) is 0 Å². The molecule has 0 unspecified atom stereocenters. The predicted octanol–water partition coefficient (Wildman–Crippen LogP) is 15.8. The van der Waals surface area contributed by atoms with Crippen LogP contribution in [0.2, 0.25) is 0 Å². The molecule has 0 radical (unpaired) electrons. The number of benzene rings is 8. The van der Waals surface area contributed by atoms with Crippen LogP contribution in [0.25, 0.3) is 93.6 Å². The molecule has 0 aliphatic carbocycles. The molecule has 0 atom stereocenters. The first-order valence-corrected chi connectivity index (χ1v) is 20.2. The predicted molar refractivity (Wildman–Crippen MR) is 233 cm³/mol. The van der Waals surface area contributed by atoms with E-state index in [2.05, 4.69) is 163 Å². The van der Waals surface area contributed by atoms with Gasteiger partial charge in [0, 0.05) is 67.6 Å². The molecule has 248 valence electrons. The smallest absolute Gasteiger partial charge is 0.136 e. The van der Waals surface area contributed by atoms with Crippen molar-refractivity contribution >= 4 is 134 Å². The van der Waals surface area contributed by atoms with Crippen LogP contribution in [0.4, 0.5) is 17.1 Å². The third-order valence-corrected chi connectivity index (χ3v) is 14.4. The fraction of sp³-hybridized carbons (Fsp3) is 0. The van der Waals surface area contributed by atoms with E-state index in [1.54, 1.807) is 0 Å². The molecule has 4 heterocycles. The molecule has 0 aliphatic rings. The van der Waals surface area contributed by atoms with Crippen LogP contribution in [0.5, 0.6) is 0 Å². The van der Waals surface area contributed by atoms with Gasteiger partial charge in [0.15, 0.2) is 0 Å². The van der Waals surface area contributed by atoms with Gasteiger partial charge in [-0.2, -0.15) is 0 Å². The van der Waals surface area contributed by atoms with E-state index < -0.39 is 0 Å². The number of hydrogen-bond donors (Lipinski definition) is 0. The number of furan rings is 1. The number of hydrogen-bond acceptors (Lipinski definition) is 5. The number of rotatable bonds is 4. The van der Waals surface area contributed by atoms with Gasteiger partial charge in [-0.3, -0.25) is 0 Å². The van der Waals surface area contributed by atoms with Gasteiger partial charge in [-0.05, 0) is 65.7 Å². The molecule has 12 rings (SSSR count). The summed E-state index contributed by atoms with van der Waals surface area (Å²) in [6.07, 6.45) is 0. The Hall–Kier alpha value is -5.98. The first-order valence-electron chi connectivity index (χ1n) is 17.7. The van der Waals surface area contributed by atoms with Crippen molar-refractivity contribution < 1.29 is 4.42 Å². The summed E-state index contributed by atoms with van der Waals surface area (Å²) in [5.41, 5.74) is 7.87. The summed E-state index contributed by atoms with van der Waals surface area (Å²) in [4.78, 5) is 2.49. The highest BCUT2D eigenvalue weighted by molar-refractivity contribution is 7.27. The quantitative estimate of drug-likeness (QED) is 0.179. The van der Waals surface area contributed by atoms with Crippen molar-refractivity contribution in [2.75, 3.05) is 4.90 Å². The number of anilines is 3. The van der Waals surface area contributed by atoms with Gasteiger partial charge in [-0.1, -0.05) is 109 Å². The summed E-state index contributed by atoms with van der Waals surface area (Å²) in [5, 5.41) is 10.2. The van der Waals surface area contributed by atoms with E-state index in [-0.39, 0.29) is 0 Å². The molecule has 5 heteroatoms. The van der Waals surface area contributed by atoms with Crippen LogP contribution in [0.1, 0.15) is 0 Å². The molecule has 0 bridgehead atoms. The minimum absolute atomic E-state index is 0.936. The number of thiophene rings is 3. The second-order valence-electron chi connectivity index (χ2n) is 13.6. The Balaban J connectivity index is 1.06. The van der Waals surface area contributed by atoms with E-state index in [1.165, 1.54) is 93.8 Å². The maximum atomic E-state index is 6.27. The zero-order valence-electron chi connectivity index (χ0n) is 28.2. The summed E-state index contributed by atoms with van der Waals surface area (Å²) in [6.45, 7) is 0. The lowest BCUT2D eigenvalue weighted by molar-refractivity contribution is 0.669. The summed E-state index contributed by atoms with van der Waals surface area (Å²) in [7, 11) is 0. The largest absolute Gasteiger partial charge is 0.456 e. The molecular formula is C48H27NOS3. The number of para-hydroxylation sites is 1. The first kappa shape index (κ1) is 29.6. The molecule has 0 spiro atoms. The normalized spacial score (nSPS) is 12.2. The molecule has 0 aliphatic heterocycles. The topological polar surface area (TPSA) is 16.4 Å². The van der Waals surface area contributed by atoms with Crippen LogP contribution in [-0.4, -0.2) is 0 Å².